The number of nitrogen functional groups attached to an aromatic ring is 1. The molecule has 2 saturated heterocycles. The maximum absolute atomic E-state index is 12.4. The van der Waals surface area contributed by atoms with Gasteiger partial charge in [0.05, 0.1) is 44.2 Å². The Morgan fingerprint density at radius 2 is 2.14 bits per heavy atom. The van der Waals surface area contributed by atoms with Gasteiger partial charge in [0.25, 0.3) is 5.91 Å². The number of ether oxygens (including phenoxy) is 2. The van der Waals surface area contributed by atoms with E-state index in [9.17, 15) is 4.79 Å². The highest BCUT2D eigenvalue weighted by atomic mass is 32.1. The Bertz CT molecular complexity index is 516. The van der Waals surface area contributed by atoms with Crippen molar-refractivity contribution < 1.29 is 14.3 Å². The number of nitrogens with zero attached hydrogens (tertiary/aromatic N) is 2. The van der Waals surface area contributed by atoms with E-state index >= 15 is 0 Å². The van der Waals surface area contributed by atoms with Crippen LogP contribution >= 0.6 is 11.3 Å². The van der Waals surface area contributed by atoms with Gasteiger partial charge in [-0.15, -0.1) is 0 Å². The van der Waals surface area contributed by atoms with Crippen molar-refractivity contribution in [3.05, 3.63) is 10.6 Å². The molecule has 0 bridgehead atoms. The van der Waals surface area contributed by atoms with Crippen molar-refractivity contribution in [2.75, 3.05) is 45.3 Å². The number of carbonyl (C=O) groups is 1. The molecule has 1 aromatic heterocycles. The fourth-order valence-corrected chi connectivity index (χ4v) is 3.55. The van der Waals surface area contributed by atoms with E-state index in [1.165, 1.54) is 11.3 Å². The van der Waals surface area contributed by atoms with Gasteiger partial charge in [-0.25, -0.2) is 4.98 Å². The molecule has 2 fully saturated rings. The third kappa shape index (κ3) is 3.18. The SMILES string of the molecule is Cc1nc(N)sc1C(=O)N[C@H]1COC[C@@H]1N1CCOCC1. The summed E-state index contributed by atoms with van der Waals surface area (Å²) in [6.07, 6.45) is 0. The quantitative estimate of drug-likeness (QED) is 0.808. The Kier molecular flexibility index (Phi) is 4.39. The van der Waals surface area contributed by atoms with E-state index in [2.05, 4.69) is 15.2 Å². The Morgan fingerprint density at radius 1 is 1.38 bits per heavy atom. The molecule has 1 amide bonds. The topological polar surface area (TPSA) is 89.7 Å². The first-order valence-corrected chi connectivity index (χ1v) is 7.90. The molecule has 21 heavy (non-hydrogen) atoms. The zero-order valence-electron chi connectivity index (χ0n) is 12.0. The molecule has 0 aliphatic carbocycles. The van der Waals surface area contributed by atoms with Crippen LogP contribution in [0.3, 0.4) is 0 Å². The summed E-state index contributed by atoms with van der Waals surface area (Å²) in [7, 11) is 0. The van der Waals surface area contributed by atoms with Gasteiger partial charge >= 0.3 is 0 Å². The van der Waals surface area contributed by atoms with E-state index in [1.54, 1.807) is 6.92 Å². The van der Waals surface area contributed by atoms with Crippen LogP contribution in [0.5, 0.6) is 0 Å². The van der Waals surface area contributed by atoms with Crippen molar-refractivity contribution >= 4 is 22.4 Å². The van der Waals surface area contributed by atoms with E-state index in [1.807, 2.05) is 0 Å². The normalized spacial score (nSPS) is 26.9. The molecule has 2 aliphatic heterocycles. The number of aryl methyl sites for hydroxylation is 1. The van der Waals surface area contributed by atoms with Gasteiger partial charge in [-0.3, -0.25) is 9.69 Å². The third-order valence-corrected chi connectivity index (χ3v) is 4.89. The summed E-state index contributed by atoms with van der Waals surface area (Å²) in [5.74, 6) is -0.115. The Morgan fingerprint density at radius 3 is 2.81 bits per heavy atom. The van der Waals surface area contributed by atoms with Crippen LogP contribution < -0.4 is 11.1 Å². The van der Waals surface area contributed by atoms with Crippen molar-refractivity contribution in [1.29, 1.82) is 0 Å². The number of nitrogens with one attached hydrogen (secondary N) is 1. The molecule has 0 spiro atoms. The lowest BCUT2D eigenvalue weighted by Gasteiger charge is -2.34. The average Bonchev–Trinajstić information content (AvgIpc) is 3.06. The first-order chi connectivity index (χ1) is 10.1. The van der Waals surface area contributed by atoms with Crippen LogP contribution in [0.25, 0.3) is 0 Å². The number of hydrogen-bond acceptors (Lipinski definition) is 7. The Balaban J connectivity index is 1.65. The number of carbonyl (C=O) groups excluding carboxylic acids is 1. The van der Waals surface area contributed by atoms with Crippen LogP contribution in [-0.2, 0) is 9.47 Å². The number of rotatable bonds is 3. The standard InChI is InChI=1S/C13H20N4O3S/c1-8-11(21-13(14)15-8)12(18)16-9-6-20-7-10(9)17-2-4-19-5-3-17/h9-10H,2-7H2,1H3,(H2,14,15)(H,16,18)/t9-,10-/m0/s1. The molecule has 2 atom stereocenters. The minimum absolute atomic E-state index is 0.00155. The number of amides is 1. The molecule has 0 unspecified atom stereocenters. The second-order valence-corrected chi connectivity index (χ2v) is 6.33. The van der Waals surface area contributed by atoms with Crippen LogP contribution in [0, 0.1) is 6.92 Å². The van der Waals surface area contributed by atoms with E-state index < -0.39 is 0 Å². The lowest BCUT2D eigenvalue weighted by Crippen LogP contribution is -2.54. The summed E-state index contributed by atoms with van der Waals surface area (Å²) in [5.41, 5.74) is 6.33. The van der Waals surface area contributed by atoms with Crippen LogP contribution in [0.1, 0.15) is 15.4 Å². The molecule has 3 N–H and O–H groups in total. The van der Waals surface area contributed by atoms with Gasteiger partial charge in [-0.2, -0.15) is 0 Å². The molecule has 1 aromatic rings. The molecule has 7 nitrogen and oxygen atoms in total. The van der Waals surface area contributed by atoms with Gasteiger partial charge in [-0.1, -0.05) is 11.3 Å². The highest BCUT2D eigenvalue weighted by Gasteiger charge is 2.35. The van der Waals surface area contributed by atoms with Crippen molar-refractivity contribution in [2.45, 2.75) is 19.0 Å². The van der Waals surface area contributed by atoms with E-state index in [4.69, 9.17) is 15.2 Å². The maximum Gasteiger partial charge on any atom is 0.263 e. The van der Waals surface area contributed by atoms with Crippen LogP contribution in [0.4, 0.5) is 5.13 Å². The number of anilines is 1. The number of morpholine rings is 1. The van der Waals surface area contributed by atoms with E-state index in [0.717, 1.165) is 26.3 Å². The smallest absolute Gasteiger partial charge is 0.263 e. The lowest BCUT2D eigenvalue weighted by molar-refractivity contribution is 0.0108. The van der Waals surface area contributed by atoms with Crippen molar-refractivity contribution in [2.24, 2.45) is 0 Å². The van der Waals surface area contributed by atoms with Crippen LogP contribution in [-0.4, -0.2) is 67.4 Å². The van der Waals surface area contributed by atoms with E-state index in [0.29, 0.717) is 28.9 Å². The number of aromatic nitrogens is 1. The van der Waals surface area contributed by atoms with Gasteiger partial charge in [0.15, 0.2) is 5.13 Å². The van der Waals surface area contributed by atoms with Crippen molar-refractivity contribution in [3.8, 4) is 0 Å². The summed E-state index contributed by atoms with van der Waals surface area (Å²) >= 11 is 1.22. The molecule has 0 aromatic carbocycles. The van der Waals surface area contributed by atoms with Gasteiger partial charge in [0, 0.05) is 13.1 Å². The predicted octanol–water partition coefficient (Wildman–Crippen LogP) is -0.137. The van der Waals surface area contributed by atoms with Crippen LogP contribution in [0.2, 0.25) is 0 Å². The maximum atomic E-state index is 12.4. The molecular formula is C13H20N4O3S. The fourth-order valence-electron chi connectivity index (χ4n) is 2.81. The summed E-state index contributed by atoms with van der Waals surface area (Å²) in [6.45, 7) is 6.23. The molecule has 116 valence electrons. The molecule has 8 heteroatoms. The second-order valence-electron chi connectivity index (χ2n) is 5.30. The highest BCUT2D eigenvalue weighted by molar-refractivity contribution is 7.17. The van der Waals surface area contributed by atoms with Crippen LogP contribution in [0.15, 0.2) is 0 Å². The summed E-state index contributed by atoms with van der Waals surface area (Å²) in [5, 5.41) is 3.49. The van der Waals surface area contributed by atoms with Gasteiger partial charge in [0.1, 0.15) is 4.88 Å². The number of thiazole rings is 1. The van der Waals surface area contributed by atoms with Gasteiger partial charge < -0.3 is 20.5 Å². The highest BCUT2D eigenvalue weighted by Crippen LogP contribution is 2.21. The number of nitrogens with two attached hydrogens (primary N) is 1. The first-order valence-electron chi connectivity index (χ1n) is 7.08. The van der Waals surface area contributed by atoms with Crippen molar-refractivity contribution in [3.63, 3.8) is 0 Å². The minimum Gasteiger partial charge on any atom is -0.379 e. The monoisotopic (exact) mass is 312 g/mol. The van der Waals surface area contributed by atoms with Gasteiger partial charge in [-0.05, 0) is 6.92 Å². The van der Waals surface area contributed by atoms with Crippen molar-refractivity contribution in [1.82, 2.24) is 15.2 Å². The Labute approximate surface area is 127 Å². The molecular weight excluding hydrogens is 292 g/mol. The summed E-state index contributed by atoms with van der Waals surface area (Å²) in [6, 6.07) is 0.210. The molecule has 0 saturated carbocycles. The Hall–Kier alpha value is -1.22. The summed E-state index contributed by atoms with van der Waals surface area (Å²) < 4.78 is 10.9. The second kappa shape index (κ2) is 6.27. The lowest BCUT2D eigenvalue weighted by atomic mass is 10.1. The summed E-state index contributed by atoms with van der Waals surface area (Å²) in [4.78, 5) is 19.4. The fraction of sp³-hybridized carbons (Fsp3) is 0.692. The number of hydrogen-bond donors (Lipinski definition) is 2. The van der Waals surface area contributed by atoms with Gasteiger partial charge in [0.2, 0.25) is 0 Å². The average molecular weight is 312 g/mol. The largest absolute Gasteiger partial charge is 0.379 e. The minimum atomic E-state index is -0.115. The first kappa shape index (κ1) is 14.7. The third-order valence-electron chi connectivity index (χ3n) is 3.90. The van der Waals surface area contributed by atoms with E-state index in [-0.39, 0.29) is 18.0 Å². The molecule has 2 aliphatic rings. The zero-order valence-corrected chi connectivity index (χ0v) is 12.8. The molecule has 3 rings (SSSR count). The zero-order chi connectivity index (χ0) is 14.8. The molecule has 3 heterocycles. The predicted molar refractivity (Wildman–Crippen MR) is 79.5 cm³/mol. The molecule has 0 radical (unpaired) electrons.